The van der Waals surface area contributed by atoms with Gasteiger partial charge in [0.05, 0.1) is 12.1 Å². The third-order valence-electron chi connectivity index (χ3n) is 4.82. The molecule has 1 saturated heterocycles. The average Bonchev–Trinajstić information content (AvgIpc) is 2.80. The van der Waals surface area contributed by atoms with E-state index < -0.39 is 0 Å². The Labute approximate surface area is 165 Å². The van der Waals surface area contributed by atoms with Gasteiger partial charge in [0.25, 0.3) is 0 Å². The van der Waals surface area contributed by atoms with Crippen molar-refractivity contribution in [1.82, 2.24) is 14.9 Å². The molecule has 1 fully saturated rings. The molecule has 1 aromatic rings. The molecule has 3 heterocycles. The van der Waals surface area contributed by atoms with Gasteiger partial charge in [-0.2, -0.15) is 0 Å². The Morgan fingerprint density at radius 3 is 2.62 bits per heavy atom. The van der Waals surface area contributed by atoms with Gasteiger partial charge in [0.15, 0.2) is 0 Å². The number of aromatic nitrogens is 2. The molecule has 0 bridgehead atoms. The highest BCUT2D eigenvalue weighted by Crippen LogP contribution is 2.20. The van der Waals surface area contributed by atoms with Crippen LogP contribution in [0.3, 0.4) is 0 Å². The molecule has 0 radical (unpaired) electrons. The van der Waals surface area contributed by atoms with E-state index >= 15 is 0 Å². The number of thioether (sulfide) groups is 2. The topological polar surface area (TPSA) is 44.6 Å². The highest BCUT2D eigenvalue weighted by atomic mass is 32.2. The van der Waals surface area contributed by atoms with Gasteiger partial charge >= 0.3 is 0 Å². The van der Waals surface area contributed by atoms with Gasteiger partial charge in [0, 0.05) is 54.8 Å². The number of hydrogen-bond donors (Lipinski definition) is 0. The smallest absolute Gasteiger partial charge is 0.225 e. The highest BCUT2D eigenvalue weighted by Gasteiger charge is 2.23. The van der Waals surface area contributed by atoms with Crippen LogP contribution in [0.15, 0.2) is 46.1 Å². The summed E-state index contributed by atoms with van der Waals surface area (Å²) in [7, 11) is 0. The van der Waals surface area contributed by atoms with Crippen molar-refractivity contribution in [3.8, 4) is 0 Å². The van der Waals surface area contributed by atoms with Crippen LogP contribution in [0.25, 0.3) is 0 Å². The summed E-state index contributed by atoms with van der Waals surface area (Å²) in [5.41, 5.74) is 3.34. The molecule has 0 N–H and O–H groups in total. The molecule has 2 atom stereocenters. The SMILES string of the molecule is CSc1cnc(N2CCN(C(C)C3=CCN=CSC(C)C=C3)CC2)nc1. The van der Waals surface area contributed by atoms with Gasteiger partial charge in [-0.25, -0.2) is 9.97 Å². The number of rotatable bonds is 4. The predicted octanol–water partition coefficient (Wildman–Crippen LogP) is 3.36. The monoisotopic (exact) mass is 389 g/mol. The molecular formula is C19H27N5S2. The van der Waals surface area contributed by atoms with Gasteiger partial charge in [-0.15, -0.1) is 23.5 Å². The van der Waals surface area contributed by atoms with Crippen molar-refractivity contribution in [1.29, 1.82) is 0 Å². The van der Waals surface area contributed by atoms with Crippen molar-refractivity contribution in [3.63, 3.8) is 0 Å². The summed E-state index contributed by atoms with van der Waals surface area (Å²) in [5, 5.41) is 0.464. The summed E-state index contributed by atoms with van der Waals surface area (Å²) in [5.74, 6) is 0.844. The van der Waals surface area contributed by atoms with Gasteiger partial charge in [0.1, 0.15) is 0 Å². The Morgan fingerprint density at radius 2 is 1.92 bits per heavy atom. The molecule has 3 rings (SSSR count). The predicted molar refractivity (Wildman–Crippen MR) is 115 cm³/mol. The molecule has 2 aliphatic heterocycles. The molecular weight excluding hydrogens is 362 g/mol. The summed E-state index contributed by atoms with van der Waals surface area (Å²) >= 11 is 3.44. The van der Waals surface area contributed by atoms with Crippen molar-refractivity contribution >= 4 is 35.0 Å². The second kappa shape index (κ2) is 9.58. The lowest BCUT2D eigenvalue weighted by atomic mass is 10.0. The van der Waals surface area contributed by atoms with Crippen LogP contribution >= 0.6 is 23.5 Å². The first-order valence-electron chi connectivity index (χ1n) is 9.04. The second-order valence-corrected chi connectivity index (χ2v) is 8.60. The Balaban J connectivity index is 1.60. The maximum Gasteiger partial charge on any atom is 0.225 e. The molecule has 7 heteroatoms. The molecule has 2 unspecified atom stereocenters. The van der Waals surface area contributed by atoms with Gasteiger partial charge in [-0.05, 0) is 25.7 Å². The van der Waals surface area contributed by atoms with Crippen LogP contribution in [-0.2, 0) is 0 Å². The standard InChI is InChI=1S/C19H27N5S2/c1-15-4-5-17(6-7-20-14-26-15)16(2)23-8-10-24(11-9-23)19-21-12-18(25-3)13-22-19/h4-6,12-16H,7-11H2,1-3H3. The van der Waals surface area contributed by atoms with E-state index in [1.165, 1.54) is 5.57 Å². The van der Waals surface area contributed by atoms with Crippen LogP contribution in [0, 0.1) is 0 Å². The summed E-state index contributed by atoms with van der Waals surface area (Å²) < 4.78 is 0. The first-order chi connectivity index (χ1) is 12.7. The van der Waals surface area contributed by atoms with E-state index in [2.05, 4.69) is 56.8 Å². The molecule has 0 aromatic carbocycles. The molecule has 1 aromatic heterocycles. The van der Waals surface area contributed by atoms with Crippen LogP contribution in [0.2, 0.25) is 0 Å². The minimum atomic E-state index is 0.402. The first kappa shape index (κ1) is 19.5. The molecule has 0 spiro atoms. The van der Waals surface area contributed by atoms with Crippen molar-refractivity contribution in [2.75, 3.05) is 43.9 Å². The number of hydrogen-bond acceptors (Lipinski definition) is 7. The fourth-order valence-electron chi connectivity index (χ4n) is 3.11. The first-order valence-corrected chi connectivity index (χ1v) is 11.2. The fourth-order valence-corrected chi connectivity index (χ4v) is 3.96. The Bertz CT molecular complexity index is 663. The highest BCUT2D eigenvalue weighted by molar-refractivity contribution is 8.12. The van der Waals surface area contributed by atoms with E-state index in [0.29, 0.717) is 11.3 Å². The lowest BCUT2D eigenvalue weighted by molar-refractivity contribution is 0.221. The molecule has 0 amide bonds. The lowest BCUT2D eigenvalue weighted by Crippen LogP contribution is -2.50. The zero-order valence-electron chi connectivity index (χ0n) is 15.7. The number of nitrogens with zero attached hydrogens (tertiary/aromatic N) is 5. The minimum Gasteiger partial charge on any atom is -0.338 e. The molecule has 2 aliphatic rings. The number of anilines is 1. The van der Waals surface area contributed by atoms with E-state index in [4.69, 9.17) is 0 Å². The minimum absolute atomic E-state index is 0.402. The van der Waals surface area contributed by atoms with E-state index in [-0.39, 0.29) is 0 Å². The summed E-state index contributed by atoms with van der Waals surface area (Å²) in [6, 6.07) is 0.402. The van der Waals surface area contributed by atoms with Crippen LogP contribution in [0.4, 0.5) is 5.95 Å². The van der Waals surface area contributed by atoms with Crippen molar-refractivity contribution < 1.29 is 0 Å². The molecule has 0 saturated carbocycles. The molecule has 0 aliphatic carbocycles. The third kappa shape index (κ3) is 5.11. The number of aliphatic imine (C=N–C) groups is 1. The molecule has 26 heavy (non-hydrogen) atoms. The average molecular weight is 390 g/mol. The van der Waals surface area contributed by atoms with Gasteiger partial charge < -0.3 is 4.90 Å². The number of piperazine rings is 1. The van der Waals surface area contributed by atoms with Gasteiger partial charge in [-0.3, -0.25) is 9.89 Å². The largest absolute Gasteiger partial charge is 0.338 e. The van der Waals surface area contributed by atoms with Gasteiger partial charge in [0.2, 0.25) is 5.95 Å². The van der Waals surface area contributed by atoms with E-state index in [0.717, 1.165) is 43.6 Å². The van der Waals surface area contributed by atoms with Crippen LogP contribution in [-0.4, -0.2) is 70.7 Å². The zero-order chi connectivity index (χ0) is 18.4. The zero-order valence-corrected chi connectivity index (χ0v) is 17.3. The van der Waals surface area contributed by atoms with Gasteiger partial charge in [-0.1, -0.05) is 18.2 Å². The van der Waals surface area contributed by atoms with Crippen LogP contribution in [0.1, 0.15) is 13.8 Å². The van der Waals surface area contributed by atoms with Crippen molar-refractivity contribution in [3.05, 3.63) is 36.2 Å². The third-order valence-corrected chi connectivity index (χ3v) is 6.36. The Hall–Kier alpha value is -1.31. The van der Waals surface area contributed by atoms with Crippen molar-refractivity contribution in [2.24, 2.45) is 4.99 Å². The second-order valence-electron chi connectivity index (χ2n) is 6.50. The lowest BCUT2D eigenvalue weighted by Gasteiger charge is -2.38. The quantitative estimate of drug-likeness (QED) is 0.736. The Morgan fingerprint density at radius 1 is 1.19 bits per heavy atom. The Kier molecular flexibility index (Phi) is 7.16. The van der Waals surface area contributed by atoms with E-state index in [1.807, 2.05) is 24.2 Å². The normalized spacial score (nSPS) is 23.1. The summed E-state index contributed by atoms with van der Waals surface area (Å²) in [6.07, 6.45) is 12.7. The van der Waals surface area contributed by atoms with Crippen molar-refractivity contribution in [2.45, 2.75) is 30.0 Å². The van der Waals surface area contributed by atoms with Crippen LogP contribution < -0.4 is 4.90 Å². The molecule has 5 nitrogen and oxygen atoms in total. The molecule has 140 valence electrons. The van der Waals surface area contributed by atoms with Crippen LogP contribution in [0.5, 0.6) is 0 Å². The summed E-state index contributed by atoms with van der Waals surface area (Å²) in [4.78, 5) is 19.4. The maximum atomic E-state index is 4.51. The van der Waals surface area contributed by atoms with E-state index in [9.17, 15) is 0 Å². The maximum absolute atomic E-state index is 4.51. The summed E-state index contributed by atoms with van der Waals surface area (Å²) in [6.45, 7) is 9.24. The van der Waals surface area contributed by atoms with E-state index in [1.54, 1.807) is 23.5 Å². The fraction of sp³-hybridized carbons (Fsp3) is 0.526.